The number of nitrogens with one attached hydrogen (secondary N) is 1. The Kier molecular flexibility index (Phi) is 5.90. The lowest BCUT2D eigenvalue weighted by atomic mass is 10.2. The number of aliphatic hydroxyl groups excluding tert-OH is 1. The van der Waals surface area contributed by atoms with Gasteiger partial charge in [-0.15, -0.1) is 0 Å². The molecule has 0 saturated heterocycles. The molecule has 0 amide bonds. The lowest BCUT2D eigenvalue weighted by molar-refractivity contribution is 0.238. The monoisotopic (exact) mass is 223 g/mol. The number of hydrogen-bond acceptors (Lipinski definition) is 3. The molecular weight excluding hydrogens is 202 g/mol. The second-order valence-corrected chi connectivity index (χ2v) is 3.75. The molecule has 16 heavy (non-hydrogen) atoms. The van der Waals surface area contributed by atoms with Crippen molar-refractivity contribution in [3.63, 3.8) is 0 Å². The van der Waals surface area contributed by atoms with E-state index in [2.05, 4.69) is 12.2 Å². The predicted octanol–water partition coefficient (Wildman–Crippen LogP) is 1.95. The Bertz CT molecular complexity index is 280. The number of rotatable bonds is 7. The van der Waals surface area contributed by atoms with Crippen LogP contribution in [0.2, 0.25) is 0 Å². The molecule has 0 radical (unpaired) electrons. The zero-order chi connectivity index (χ0) is 11.8. The maximum atomic E-state index is 9.04. The maximum absolute atomic E-state index is 9.04. The van der Waals surface area contributed by atoms with E-state index in [1.165, 1.54) is 5.56 Å². The van der Waals surface area contributed by atoms with Gasteiger partial charge in [0.25, 0.3) is 0 Å². The highest BCUT2D eigenvalue weighted by atomic mass is 16.5. The standard InChI is InChI=1S/C13H21NO2/c1-3-12(10-15)14-9-11-5-7-13(8-6-11)16-4-2/h5-8,12,14-15H,3-4,9-10H2,1-2H3. The Labute approximate surface area is 97.4 Å². The molecule has 0 saturated carbocycles. The van der Waals surface area contributed by atoms with E-state index >= 15 is 0 Å². The summed E-state index contributed by atoms with van der Waals surface area (Å²) in [6, 6.07) is 8.22. The Morgan fingerprint density at radius 2 is 1.94 bits per heavy atom. The van der Waals surface area contributed by atoms with E-state index in [0.29, 0.717) is 6.61 Å². The van der Waals surface area contributed by atoms with Crippen LogP contribution >= 0.6 is 0 Å². The van der Waals surface area contributed by atoms with Crippen LogP contribution in [0.3, 0.4) is 0 Å². The van der Waals surface area contributed by atoms with Gasteiger partial charge in [-0.05, 0) is 31.0 Å². The van der Waals surface area contributed by atoms with Crippen molar-refractivity contribution in [3.8, 4) is 5.75 Å². The largest absolute Gasteiger partial charge is 0.494 e. The first-order valence-corrected chi connectivity index (χ1v) is 5.86. The highest BCUT2D eigenvalue weighted by Gasteiger charge is 2.03. The summed E-state index contributed by atoms with van der Waals surface area (Å²) in [5.74, 6) is 0.903. The van der Waals surface area contributed by atoms with Crippen molar-refractivity contribution in [2.45, 2.75) is 32.9 Å². The van der Waals surface area contributed by atoms with Gasteiger partial charge >= 0.3 is 0 Å². The van der Waals surface area contributed by atoms with Gasteiger partial charge in [0.2, 0.25) is 0 Å². The van der Waals surface area contributed by atoms with Gasteiger partial charge in [-0.3, -0.25) is 0 Å². The van der Waals surface area contributed by atoms with Gasteiger partial charge in [0, 0.05) is 12.6 Å². The van der Waals surface area contributed by atoms with Crippen LogP contribution in [0.4, 0.5) is 0 Å². The van der Waals surface area contributed by atoms with Gasteiger partial charge in [-0.1, -0.05) is 19.1 Å². The zero-order valence-electron chi connectivity index (χ0n) is 10.1. The minimum absolute atomic E-state index is 0.187. The molecule has 0 heterocycles. The molecule has 90 valence electrons. The fourth-order valence-electron chi connectivity index (χ4n) is 1.47. The van der Waals surface area contributed by atoms with Crippen molar-refractivity contribution in [2.75, 3.05) is 13.2 Å². The second kappa shape index (κ2) is 7.25. The van der Waals surface area contributed by atoms with Gasteiger partial charge in [-0.25, -0.2) is 0 Å². The van der Waals surface area contributed by atoms with Crippen LogP contribution in [-0.4, -0.2) is 24.4 Å². The summed E-state index contributed by atoms with van der Waals surface area (Å²) >= 11 is 0. The maximum Gasteiger partial charge on any atom is 0.119 e. The summed E-state index contributed by atoms with van der Waals surface area (Å²) in [5, 5.41) is 12.3. The molecule has 0 aliphatic rings. The molecule has 0 aliphatic heterocycles. The molecule has 0 spiro atoms. The van der Waals surface area contributed by atoms with Crippen molar-refractivity contribution in [3.05, 3.63) is 29.8 Å². The SMILES string of the molecule is CCOc1ccc(CNC(CC)CO)cc1. The van der Waals surface area contributed by atoms with Crippen LogP contribution in [0.1, 0.15) is 25.8 Å². The Balaban J connectivity index is 2.42. The molecule has 0 aromatic heterocycles. The van der Waals surface area contributed by atoms with Gasteiger partial charge in [0.1, 0.15) is 5.75 Å². The Morgan fingerprint density at radius 3 is 2.44 bits per heavy atom. The molecule has 0 bridgehead atoms. The van der Waals surface area contributed by atoms with Crippen molar-refractivity contribution < 1.29 is 9.84 Å². The highest BCUT2D eigenvalue weighted by molar-refractivity contribution is 5.27. The first-order chi connectivity index (χ1) is 7.80. The molecule has 0 aliphatic carbocycles. The molecule has 2 N–H and O–H groups in total. The predicted molar refractivity (Wildman–Crippen MR) is 65.6 cm³/mol. The van der Waals surface area contributed by atoms with Crippen LogP contribution in [0, 0.1) is 0 Å². The minimum Gasteiger partial charge on any atom is -0.494 e. The number of ether oxygens (including phenoxy) is 1. The molecule has 3 heteroatoms. The Morgan fingerprint density at radius 1 is 1.25 bits per heavy atom. The van der Waals surface area contributed by atoms with Crippen molar-refractivity contribution in [2.24, 2.45) is 0 Å². The first kappa shape index (κ1) is 13.0. The van der Waals surface area contributed by atoms with Crippen LogP contribution in [0.25, 0.3) is 0 Å². The summed E-state index contributed by atoms with van der Waals surface area (Å²) < 4.78 is 5.37. The summed E-state index contributed by atoms with van der Waals surface area (Å²) in [6.07, 6.45) is 0.938. The van der Waals surface area contributed by atoms with E-state index in [0.717, 1.165) is 18.7 Å². The van der Waals surface area contributed by atoms with E-state index in [9.17, 15) is 0 Å². The van der Waals surface area contributed by atoms with Crippen molar-refractivity contribution in [1.29, 1.82) is 0 Å². The normalized spacial score (nSPS) is 12.4. The lowest BCUT2D eigenvalue weighted by Crippen LogP contribution is -2.31. The lowest BCUT2D eigenvalue weighted by Gasteiger charge is -2.14. The third-order valence-corrected chi connectivity index (χ3v) is 2.54. The molecule has 3 nitrogen and oxygen atoms in total. The summed E-state index contributed by atoms with van der Waals surface area (Å²) in [7, 11) is 0. The molecule has 1 aromatic rings. The fourth-order valence-corrected chi connectivity index (χ4v) is 1.47. The van der Waals surface area contributed by atoms with Crippen LogP contribution in [0.5, 0.6) is 5.75 Å². The van der Waals surface area contributed by atoms with E-state index in [-0.39, 0.29) is 12.6 Å². The van der Waals surface area contributed by atoms with Crippen LogP contribution < -0.4 is 10.1 Å². The number of aliphatic hydroxyl groups is 1. The van der Waals surface area contributed by atoms with Crippen molar-refractivity contribution in [1.82, 2.24) is 5.32 Å². The third-order valence-electron chi connectivity index (χ3n) is 2.54. The molecule has 1 unspecified atom stereocenters. The van der Waals surface area contributed by atoms with Gasteiger partial charge < -0.3 is 15.2 Å². The molecule has 1 aromatic carbocycles. The van der Waals surface area contributed by atoms with Crippen LogP contribution in [-0.2, 0) is 6.54 Å². The van der Waals surface area contributed by atoms with Gasteiger partial charge in [0.05, 0.1) is 13.2 Å². The van der Waals surface area contributed by atoms with E-state index in [1.54, 1.807) is 0 Å². The number of hydrogen-bond donors (Lipinski definition) is 2. The fraction of sp³-hybridized carbons (Fsp3) is 0.538. The smallest absolute Gasteiger partial charge is 0.119 e. The van der Waals surface area contributed by atoms with E-state index in [1.807, 2.05) is 31.2 Å². The van der Waals surface area contributed by atoms with Crippen LogP contribution in [0.15, 0.2) is 24.3 Å². The quantitative estimate of drug-likeness (QED) is 0.742. The minimum atomic E-state index is 0.187. The van der Waals surface area contributed by atoms with Gasteiger partial charge in [-0.2, -0.15) is 0 Å². The second-order valence-electron chi connectivity index (χ2n) is 3.75. The average Bonchev–Trinajstić information content (AvgIpc) is 2.33. The number of benzene rings is 1. The Hall–Kier alpha value is -1.06. The third kappa shape index (κ3) is 4.21. The molecule has 0 fully saturated rings. The first-order valence-electron chi connectivity index (χ1n) is 5.86. The molecule has 1 atom stereocenters. The van der Waals surface area contributed by atoms with Crippen molar-refractivity contribution >= 4 is 0 Å². The van der Waals surface area contributed by atoms with Gasteiger partial charge in [0.15, 0.2) is 0 Å². The van der Waals surface area contributed by atoms with E-state index in [4.69, 9.17) is 9.84 Å². The highest BCUT2D eigenvalue weighted by Crippen LogP contribution is 2.12. The summed E-state index contributed by atoms with van der Waals surface area (Å²) in [6.45, 7) is 5.70. The summed E-state index contributed by atoms with van der Waals surface area (Å²) in [4.78, 5) is 0. The zero-order valence-corrected chi connectivity index (χ0v) is 10.1. The molecular formula is C13H21NO2. The van der Waals surface area contributed by atoms with E-state index < -0.39 is 0 Å². The average molecular weight is 223 g/mol. The summed E-state index contributed by atoms with van der Waals surface area (Å²) in [5.41, 5.74) is 1.20. The molecule has 1 rings (SSSR count). The topological polar surface area (TPSA) is 41.5 Å².